The van der Waals surface area contributed by atoms with Gasteiger partial charge in [0.2, 0.25) is 0 Å². The number of nitro groups is 1. The number of hydrogen-bond acceptors (Lipinski definition) is 4. The molecule has 0 saturated carbocycles. The number of nitrogens with zero attached hydrogens (tertiary/aromatic N) is 2. The number of nitro benzene ring substituents is 1. The van der Waals surface area contributed by atoms with Gasteiger partial charge >= 0.3 is 5.69 Å². The molecule has 0 bridgehead atoms. The van der Waals surface area contributed by atoms with Crippen LogP contribution in [0.5, 0.6) is 0 Å². The van der Waals surface area contributed by atoms with Crippen LogP contribution in [-0.4, -0.2) is 20.1 Å². The van der Waals surface area contributed by atoms with Gasteiger partial charge in [0.1, 0.15) is 0 Å². The van der Waals surface area contributed by atoms with E-state index in [9.17, 15) is 14.9 Å². The number of H-pyrrole nitrogens is 2. The van der Waals surface area contributed by atoms with Crippen molar-refractivity contribution in [1.29, 1.82) is 0 Å². The van der Waals surface area contributed by atoms with E-state index in [-0.39, 0.29) is 17.1 Å². The standard InChI is InChI=1S/C8H6N4O3/c13-8-9-7(10-11-8)5-3-1-2-4-6(5)12(14)15/h1-4H,(H2,9,10,11,13). The fourth-order valence-electron chi connectivity index (χ4n) is 1.23. The van der Waals surface area contributed by atoms with Crippen molar-refractivity contribution in [3.05, 3.63) is 44.9 Å². The molecule has 15 heavy (non-hydrogen) atoms. The second kappa shape index (κ2) is 3.37. The predicted octanol–water partition coefficient (Wildman–Crippen LogP) is 0.673. The molecule has 0 aliphatic carbocycles. The third-order valence-electron chi connectivity index (χ3n) is 1.86. The minimum atomic E-state index is -0.525. The van der Waals surface area contributed by atoms with Gasteiger partial charge in [-0.15, -0.1) is 0 Å². The minimum absolute atomic E-state index is 0.0970. The molecule has 0 aliphatic rings. The fraction of sp³-hybridized carbons (Fsp3) is 0. The van der Waals surface area contributed by atoms with Crippen LogP contribution >= 0.6 is 0 Å². The first-order valence-electron chi connectivity index (χ1n) is 4.07. The molecule has 2 N–H and O–H groups in total. The molecule has 2 aromatic rings. The number of aromatic amines is 2. The summed E-state index contributed by atoms with van der Waals surface area (Å²) in [5.74, 6) is 0.160. The summed E-state index contributed by atoms with van der Waals surface area (Å²) >= 11 is 0. The molecule has 0 fully saturated rings. The molecule has 0 spiro atoms. The van der Waals surface area contributed by atoms with Crippen LogP contribution in [0.15, 0.2) is 29.1 Å². The molecule has 0 aliphatic heterocycles. The van der Waals surface area contributed by atoms with E-state index in [0.29, 0.717) is 0 Å². The van der Waals surface area contributed by atoms with Crippen molar-refractivity contribution in [1.82, 2.24) is 15.2 Å². The van der Waals surface area contributed by atoms with E-state index >= 15 is 0 Å². The Morgan fingerprint density at radius 1 is 1.33 bits per heavy atom. The summed E-state index contributed by atoms with van der Waals surface area (Å²) in [6.45, 7) is 0. The number of nitrogens with one attached hydrogen (secondary N) is 2. The van der Waals surface area contributed by atoms with E-state index in [4.69, 9.17) is 0 Å². The molecule has 1 heterocycles. The Balaban J connectivity index is 2.62. The lowest BCUT2D eigenvalue weighted by molar-refractivity contribution is -0.384. The van der Waals surface area contributed by atoms with Crippen LogP contribution in [0.4, 0.5) is 5.69 Å². The van der Waals surface area contributed by atoms with Gasteiger partial charge in [-0.25, -0.2) is 9.89 Å². The van der Waals surface area contributed by atoms with E-state index < -0.39 is 10.6 Å². The molecule has 0 unspecified atom stereocenters. The second-order valence-electron chi connectivity index (χ2n) is 2.80. The molecule has 0 atom stereocenters. The zero-order valence-electron chi connectivity index (χ0n) is 7.43. The predicted molar refractivity (Wildman–Crippen MR) is 51.3 cm³/mol. The summed E-state index contributed by atoms with van der Waals surface area (Å²) in [7, 11) is 0. The summed E-state index contributed by atoms with van der Waals surface area (Å²) in [4.78, 5) is 23.3. The maximum absolute atomic E-state index is 10.8. The van der Waals surface area contributed by atoms with Gasteiger partial charge in [-0.05, 0) is 6.07 Å². The van der Waals surface area contributed by atoms with Gasteiger partial charge in [0.15, 0.2) is 5.82 Å². The van der Waals surface area contributed by atoms with Gasteiger partial charge in [-0.2, -0.15) is 5.10 Å². The van der Waals surface area contributed by atoms with E-state index in [2.05, 4.69) is 15.2 Å². The Morgan fingerprint density at radius 2 is 2.07 bits per heavy atom. The van der Waals surface area contributed by atoms with E-state index in [0.717, 1.165) is 0 Å². The average molecular weight is 206 g/mol. The Labute approximate surface area is 82.9 Å². The largest absolute Gasteiger partial charge is 0.340 e. The summed E-state index contributed by atoms with van der Waals surface area (Å²) in [6, 6.07) is 6.05. The third kappa shape index (κ3) is 1.62. The Bertz CT molecular complexity index is 557. The molecule has 7 heteroatoms. The third-order valence-corrected chi connectivity index (χ3v) is 1.86. The van der Waals surface area contributed by atoms with Gasteiger partial charge in [-0.3, -0.25) is 15.1 Å². The van der Waals surface area contributed by atoms with Crippen molar-refractivity contribution in [2.45, 2.75) is 0 Å². The molecular weight excluding hydrogens is 200 g/mol. The van der Waals surface area contributed by atoms with Crippen molar-refractivity contribution in [3.63, 3.8) is 0 Å². The van der Waals surface area contributed by atoms with Crippen molar-refractivity contribution in [2.24, 2.45) is 0 Å². The summed E-state index contributed by atoms with van der Waals surface area (Å²) < 4.78 is 0. The van der Waals surface area contributed by atoms with Gasteiger partial charge in [0, 0.05) is 6.07 Å². The molecule has 0 radical (unpaired) electrons. The molecule has 76 valence electrons. The number of rotatable bonds is 2. The topological polar surface area (TPSA) is 105 Å². The minimum Gasteiger partial charge on any atom is -0.289 e. The maximum atomic E-state index is 10.8. The van der Waals surface area contributed by atoms with E-state index in [1.807, 2.05) is 0 Å². The molecular formula is C8H6N4O3. The quantitative estimate of drug-likeness (QED) is 0.556. The van der Waals surface area contributed by atoms with Crippen LogP contribution in [0.1, 0.15) is 0 Å². The highest BCUT2D eigenvalue weighted by molar-refractivity contribution is 5.67. The summed E-state index contributed by atoms with van der Waals surface area (Å²) in [6.07, 6.45) is 0. The summed E-state index contributed by atoms with van der Waals surface area (Å²) in [5.41, 5.74) is -0.316. The molecule has 0 saturated heterocycles. The molecule has 0 amide bonds. The smallest absolute Gasteiger partial charge is 0.289 e. The molecule has 2 rings (SSSR count). The lowest BCUT2D eigenvalue weighted by atomic mass is 10.2. The highest BCUT2D eigenvalue weighted by Gasteiger charge is 2.16. The lowest BCUT2D eigenvalue weighted by Crippen LogP contribution is -2.00. The summed E-state index contributed by atoms with van der Waals surface area (Å²) in [5, 5.41) is 16.5. The van der Waals surface area contributed by atoms with Gasteiger partial charge in [-0.1, -0.05) is 12.1 Å². The SMILES string of the molecule is O=c1[nH]nc(-c2ccccc2[N+](=O)[O-])[nH]1. The van der Waals surface area contributed by atoms with E-state index in [1.165, 1.54) is 12.1 Å². The van der Waals surface area contributed by atoms with Crippen LogP contribution in [0.2, 0.25) is 0 Å². The highest BCUT2D eigenvalue weighted by atomic mass is 16.6. The zero-order chi connectivity index (χ0) is 10.8. The van der Waals surface area contributed by atoms with Gasteiger partial charge < -0.3 is 0 Å². The van der Waals surface area contributed by atoms with Crippen molar-refractivity contribution < 1.29 is 4.92 Å². The first-order valence-corrected chi connectivity index (χ1v) is 4.07. The monoisotopic (exact) mass is 206 g/mol. The first kappa shape index (κ1) is 9.13. The van der Waals surface area contributed by atoms with E-state index in [1.54, 1.807) is 12.1 Å². The number of aromatic nitrogens is 3. The van der Waals surface area contributed by atoms with Crippen LogP contribution in [0.3, 0.4) is 0 Å². The van der Waals surface area contributed by atoms with Crippen LogP contribution in [-0.2, 0) is 0 Å². The van der Waals surface area contributed by atoms with Crippen LogP contribution < -0.4 is 5.69 Å². The maximum Gasteiger partial charge on any atom is 0.340 e. The van der Waals surface area contributed by atoms with Crippen molar-refractivity contribution in [3.8, 4) is 11.4 Å². The van der Waals surface area contributed by atoms with Crippen molar-refractivity contribution in [2.75, 3.05) is 0 Å². The molecule has 1 aromatic carbocycles. The first-order chi connectivity index (χ1) is 7.18. The second-order valence-corrected chi connectivity index (χ2v) is 2.80. The number of benzene rings is 1. The Kier molecular flexibility index (Phi) is 2.05. The average Bonchev–Trinajstić information content (AvgIpc) is 2.65. The molecule has 1 aromatic heterocycles. The van der Waals surface area contributed by atoms with Gasteiger partial charge in [0.05, 0.1) is 10.5 Å². The lowest BCUT2D eigenvalue weighted by Gasteiger charge is -1.96. The van der Waals surface area contributed by atoms with Crippen LogP contribution in [0, 0.1) is 10.1 Å². The Morgan fingerprint density at radius 3 is 2.67 bits per heavy atom. The van der Waals surface area contributed by atoms with Crippen molar-refractivity contribution >= 4 is 5.69 Å². The Hall–Kier alpha value is -2.44. The van der Waals surface area contributed by atoms with Crippen LogP contribution in [0.25, 0.3) is 11.4 Å². The normalized spacial score (nSPS) is 10.1. The van der Waals surface area contributed by atoms with Gasteiger partial charge in [0.25, 0.3) is 5.69 Å². The highest BCUT2D eigenvalue weighted by Crippen LogP contribution is 2.25. The number of para-hydroxylation sites is 1. The molecule has 7 nitrogen and oxygen atoms in total. The zero-order valence-corrected chi connectivity index (χ0v) is 7.43. The fourth-order valence-corrected chi connectivity index (χ4v) is 1.23. The number of hydrogen-bond donors (Lipinski definition) is 2.